The van der Waals surface area contributed by atoms with E-state index in [1.54, 1.807) is 37.4 Å². The highest BCUT2D eigenvalue weighted by Crippen LogP contribution is 2.30. The lowest BCUT2D eigenvalue weighted by molar-refractivity contribution is -0.277. The molecule has 0 bridgehead atoms. The maximum absolute atomic E-state index is 11.8. The number of hydrogen-bond donors (Lipinski definition) is 5. The fraction of sp³-hybridized carbons (Fsp3) is 0.381. The van der Waals surface area contributed by atoms with Gasteiger partial charge in [-0.25, -0.2) is 0 Å². The maximum Gasteiger partial charge on any atom is 0.251 e. The van der Waals surface area contributed by atoms with Gasteiger partial charge in [-0.05, 0) is 47.9 Å². The summed E-state index contributed by atoms with van der Waals surface area (Å²) in [4.78, 5) is 11.8. The van der Waals surface area contributed by atoms with E-state index in [4.69, 9.17) is 9.47 Å². The number of aliphatic hydroxyl groups is 4. The van der Waals surface area contributed by atoms with Gasteiger partial charge in [0.2, 0.25) is 6.29 Å². The molecule has 5 atom stereocenters. The summed E-state index contributed by atoms with van der Waals surface area (Å²) in [5.41, 5.74) is 3.01. The van der Waals surface area contributed by atoms with E-state index in [1.807, 2.05) is 19.1 Å². The van der Waals surface area contributed by atoms with E-state index < -0.39 is 37.3 Å². The van der Waals surface area contributed by atoms with E-state index in [9.17, 15) is 25.2 Å². The van der Waals surface area contributed by atoms with E-state index in [0.717, 1.165) is 16.7 Å². The molecule has 5 N–H and O–H groups in total. The second-order valence-electron chi connectivity index (χ2n) is 6.96. The molecule has 2 aromatic rings. The van der Waals surface area contributed by atoms with Crippen molar-refractivity contribution in [1.29, 1.82) is 0 Å². The Morgan fingerprint density at radius 3 is 2.45 bits per heavy atom. The van der Waals surface area contributed by atoms with Gasteiger partial charge in [-0.3, -0.25) is 4.79 Å². The summed E-state index contributed by atoms with van der Waals surface area (Å²) in [5, 5.41) is 41.8. The van der Waals surface area contributed by atoms with Gasteiger partial charge >= 0.3 is 0 Å². The highest BCUT2D eigenvalue weighted by Gasteiger charge is 2.44. The average Bonchev–Trinajstić information content (AvgIpc) is 2.74. The predicted molar refractivity (Wildman–Crippen MR) is 104 cm³/mol. The Kier molecular flexibility index (Phi) is 6.51. The Morgan fingerprint density at radius 2 is 1.79 bits per heavy atom. The van der Waals surface area contributed by atoms with Gasteiger partial charge in [0.15, 0.2) is 0 Å². The van der Waals surface area contributed by atoms with E-state index in [2.05, 4.69) is 5.32 Å². The first kappa shape index (κ1) is 21.2. The molecule has 1 aliphatic rings. The summed E-state index contributed by atoms with van der Waals surface area (Å²) in [5.74, 6) is 0.242. The van der Waals surface area contributed by atoms with Gasteiger partial charge < -0.3 is 35.2 Å². The second-order valence-corrected chi connectivity index (χ2v) is 6.96. The van der Waals surface area contributed by atoms with E-state index in [1.165, 1.54) is 0 Å². The van der Waals surface area contributed by atoms with Gasteiger partial charge in [-0.15, -0.1) is 0 Å². The van der Waals surface area contributed by atoms with Crippen molar-refractivity contribution >= 4 is 5.91 Å². The minimum Gasteiger partial charge on any atom is -0.462 e. The van der Waals surface area contributed by atoms with Crippen molar-refractivity contribution < 1.29 is 34.7 Å². The van der Waals surface area contributed by atoms with Crippen LogP contribution in [0.3, 0.4) is 0 Å². The molecule has 3 unspecified atom stereocenters. The number of nitrogens with one attached hydrogen (secondary N) is 1. The maximum atomic E-state index is 11.8. The number of benzene rings is 2. The van der Waals surface area contributed by atoms with E-state index in [-0.39, 0.29) is 5.91 Å². The Morgan fingerprint density at radius 1 is 1.07 bits per heavy atom. The lowest BCUT2D eigenvalue weighted by Crippen LogP contribution is -2.60. The van der Waals surface area contributed by atoms with Crippen molar-refractivity contribution in [3.8, 4) is 16.9 Å². The van der Waals surface area contributed by atoms with Crippen LogP contribution in [0, 0.1) is 6.92 Å². The Balaban J connectivity index is 1.81. The van der Waals surface area contributed by atoms with Gasteiger partial charge in [0.05, 0.1) is 6.61 Å². The minimum atomic E-state index is -1.50. The van der Waals surface area contributed by atoms with Gasteiger partial charge in [-0.1, -0.05) is 18.2 Å². The molecular weight excluding hydrogens is 378 g/mol. The molecule has 1 saturated heterocycles. The number of ether oxygens (including phenoxy) is 2. The van der Waals surface area contributed by atoms with Crippen molar-refractivity contribution in [2.24, 2.45) is 0 Å². The molecular formula is C21H25NO7. The average molecular weight is 403 g/mol. The fourth-order valence-corrected chi connectivity index (χ4v) is 3.24. The van der Waals surface area contributed by atoms with Crippen molar-refractivity contribution in [3.05, 3.63) is 53.6 Å². The third kappa shape index (κ3) is 4.42. The molecule has 2 aromatic carbocycles. The fourth-order valence-electron chi connectivity index (χ4n) is 3.24. The predicted octanol–water partition coefficient (Wildman–Crippen LogP) is 0.200. The topological polar surface area (TPSA) is 128 Å². The third-order valence-corrected chi connectivity index (χ3v) is 4.95. The monoisotopic (exact) mass is 403 g/mol. The standard InChI is InChI=1S/C21H25NO7/c1-11-8-13(12-4-3-5-14(9-12)20(27)22-2)6-7-15(11)28-21-19(26)18(25)17(24)16(10-23)29-21/h3-9,16-19,21,23-26H,10H2,1-2H3,(H,22,27)/t16?,17-,18?,19?,21+/m1/s1. The van der Waals surface area contributed by atoms with Gasteiger partial charge in [0.25, 0.3) is 5.91 Å². The first-order valence-electron chi connectivity index (χ1n) is 9.26. The molecule has 0 aromatic heterocycles. The zero-order valence-corrected chi connectivity index (χ0v) is 16.1. The molecule has 1 fully saturated rings. The molecule has 0 spiro atoms. The summed E-state index contributed by atoms with van der Waals surface area (Å²) >= 11 is 0. The van der Waals surface area contributed by atoms with Crippen molar-refractivity contribution in [2.45, 2.75) is 37.6 Å². The number of carbonyl (C=O) groups is 1. The van der Waals surface area contributed by atoms with E-state index in [0.29, 0.717) is 11.3 Å². The third-order valence-electron chi connectivity index (χ3n) is 4.95. The van der Waals surface area contributed by atoms with Gasteiger partial charge in [-0.2, -0.15) is 0 Å². The summed E-state index contributed by atoms with van der Waals surface area (Å²) in [6, 6.07) is 12.6. The van der Waals surface area contributed by atoms with Crippen LogP contribution in [0.15, 0.2) is 42.5 Å². The second kappa shape index (κ2) is 8.89. The molecule has 8 nitrogen and oxygen atoms in total. The lowest BCUT2D eigenvalue weighted by atomic mass is 9.99. The van der Waals surface area contributed by atoms with Gasteiger partial charge in [0.1, 0.15) is 30.2 Å². The lowest BCUT2D eigenvalue weighted by Gasteiger charge is -2.39. The smallest absolute Gasteiger partial charge is 0.251 e. The Bertz CT molecular complexity index is 870. The first-order chi connectivity index (χ1) is 13.8. The molecule has 3 rings (SSSR count). The van der Waals surface area contributed by atoms with Crippen LogP contribution in [0.1, 0.15) is 15.9 Å². The van der Waals surface area contributed by atoms with Gasteiger partial charge in [0, 0.05) is 12.6 Å². The number of amides is 1. The molecule has 0 aliphatic carbocycles. The number of rotatable bonds is 5. The summed E-state index contributed by atoms with van der Waals surface area (Å²) in [6.07, 6.45) is -6.70. The number of aryl methyl sites for hydroxylation is 1. The molecule has 1 heterocycles. The normalized spacial score (nSPS) is 26.8. The van der Waals surface area contributed by atoms with Crippen LogP contribution in [0.2, 0.25) is 0 Å². The highest BCUT2D eigenvalue weighted by atomic mass is 16.7. The SMILES string of the molecule is CNC(=O)c1cccc(-c2ccc(O[C@H]3OC(CO)[C@@H](O)C(O)C3O)c(C)c2)c1. The molecule has 0 radical (unpaired) electrons. The molecule has 1 amide bonds. The molecule has 156 valence electrons. The van der Waals surface area contributed by atoms with Crippen LogP contribution < -0.4 is 10.1 Å². The quantitative estimate of drug-likeness (QED) is 0.482. The molecule has 8 heteroatoms. The van der Waals surface area contributed by atoms with Crippen LogP contribution >= 0.6 is 0 Å². The van der Waals surface area contributed by atoms with Crippen LogP contribution in [-0.4, -0.2) is 70.7 Å². The van der Waals surface area contributed by atoms with Crippen LogP contribution in [0.4, 0.5) is 0 Å². The molecule has 29 heavy (non-hydrogen) atoms. The zero-order valence-electron chi connectivity index (χ0n) is 16.1. The van der Waals surface area contributed by atoms with E-state index >= 15 is 0 Å². The van der Waals surface area contributed by atoms with Crippen molar-refractivity contribution in [1.82, 2.24) is 5.32 Å². The molecule has 0 saturated carbocycles. The Hall–Kier alpha value is -2.49. The number of carbonyl (C=O) groups excluding carboxylic acids is 1. The highest BCUT2D eigenvalue weighted by molar-refractivity contribution is 5.95. The van der Waals surface area contributed by atoms with Crippen LogP contribution in [0.25, 0.3) is 11.1 Å². The summed E-state index contributed by atoms with van der Waals surface area (Å²) < 4.78 is 11.1. The number of hydrogen-bond acceptors (Lipinski definition) is 7. The Labute approximate surface area is 168 Å². The summed E-state index contributed by atoms with van der Waals surface area (Å²) in [7, 11) is 1.57. The zero-order chi connectivity index (χ0) is 21.1. The van der Waals surface area contributed by atoms with Crippen LogP contribution in [0.5, 0.6) is 5.75 Å². The number of aliphatic hydroxyl groups excluding tert-OH is 4. The van der Waals surface area contributed by atoms with Crippen LogP contribution in [-0.2, 0) is 4.74 Å². The van der Waals surface area contributed by atoms with Crippen molar-refractivity contribution in [2.75, 3.05) is 13.7 Å². The van der Waals surface area contributed by atoms with Crippen molar-refractivity contribution in [3.63, 3.8) is 0 Å². The minimum absolute atomic E-state index is 0.175. The molecule has 1 aliphatic heterocycles. The summed E-state index contributed by atoms with van der Waals surface area (Å²) in [6.45, 7) is 1.29. The largest absolute Gasteiger partial charge is 0.462 e. The first-order valence-corrected chi connectivity index (χ1v) is 9.26.